The van der Waals surface area contributed by atoms with Crippen LogP contribution in [-0.2, 0) is 11.2 Å². The summed E-state index contributed by atoms with van der Waals surface area (Å²) in [7, 11) is 0. The number of nitro benzene ring substituents is 1. The molecule has 3 aromatic rings. The van der Waals surface area contributed by atoms with Gasteiger partial charge in [-0.15, -0.1) is 0 Å². The molecule has 13 heteroatoms. The van der Waals surface area contributed by atoms with Crippen molar-refractivity contribution < 1.29 is 14.6 Å². The van der Waals surface area contributed by atoms with E-state index in [1.165, 1.54) is 28.9 Å². The van der Waals surface area contributed by atoms with Crippen LogP contribution in [0.25, 0.3) is 5.82 Å². The number of aryl methyl sites for hydroxylation is 2. The van der Waals surface area contributed by atoms with Gasteiger partial charge >= 0.3 is 5.69 Å². The van der Waals surface area contributed by atoms with Crippen LogP contribution < -0.4 is 10.9 Å². The number of anilines is 1. The van der Waals surface area contributed by atoms with Crippen LogP contribution >= 0.6 is 0 Å². The molecule has 1 amide bonds. The van der Waals surface area contributed by atoms with Crippen molar-refractivity contribution >= 4 is 23.1 Å². The number of hydrogen-bond donors (Lipinski definition) is 2. The van der Waals surface area contributed by atoms with Gasteiger partial charge in [-0.1, -0.05) is 12.1 Å². The van der Waals surface area contributed by atoms with Gasteiger partial charge in [0.15, 0.2) is 0 Å². The number of aromatic nitrogens is 4. The molecule has 0 spiro atoms. The Morgan fingerprint density at radius 2 is 1.80 bits per heavy atom. The first-order valence-electron chi connectivity index (χ1n) is 8.57. The summed E-state index contributed by atoms with van der Waals surface area (Å²) in [5.41, 5.74) is 6.05. The van der Waals surface area contributed by atoms with Crippen LogP contribution in [0.5, 0.6) is 0 Å². The highest BCUT2D eigenvalue weighted by atomic mass is 16.6. The Kier molecular flexibility index (Phi) is 5.62. The number of hydrogen-bond acceptors (Lipinski definition) is 9. The molecular formula is C17H16N8O5. The standard InChI is InChI=1S/C17H16N8O5/c1-10-7-11(2)23(22-10)17-15(25(29)30)16(18-9-19-17)21-20-14(26)8-12-3-5-13(6-4-12)24(27)28/h3-7,9H,8H2,1-2H3,(H,20,26)(H,18,19,21). The summed E-state index contributed by atoms with van der Waals surface area (Å²) in [6.45, 7) is 3.47. The number of carbonyl (C=O) groups excluding carboxylic acids is 1. The SMILES string of the molecule is Cc1cc(C)n(-c2ncnc(NNC(=O)Cc3ccc([N+](=O)[O-])cc3)c2[N+](=O)[O-])n1. The van der Waals surface area contributed by atoms with Gasteiger partial charge in [0.05, 0.1) is 22.0 Å². The fraction of sp³-hybridized carbons (Fsp3) is 0.176. The number of amides is 1. The molecule has 0 saturated heterocycles. The van der Waals surface area contributed by atoms with Crippen LogP contribution in [-0.4, -0.2) is 35.5 Å². The van der Waals surface area contributed by atoms with Gasteiger partial charge < -0.3 is 0 Å². The zero-order valence-corrected chi connectivity index (χ0v) is 15.9. The Hall–Kier alpha value is -4.42. The Balaban J connectivity index is 1.77. The molecule has 0 aliphatic heterocycles. The molecule has 0 unspecified atom stereocenters. The fourth-order valence-corrected chi connectivity index (χ4v) is 2.72. The maximum atomic E-state index is 12.2. The second-order valence-corrected chi connectivity index (χ2v) is 6.26. The second-order valence-electron chi connectivity index (χ2n) is 6.26. The van der Waals surface area contributed by atoms with E-state index in [9.17, 15) is 25.0 Å². The summed E-state index contributed by atoms with van der Waals surface area (Å²) in [4.78, 5) is 41.1. The highest BCUT2D eigenvalue weighted by Crippen LogP contribution is 2.27. The minimum atomic E-state index is -0.670. The molecule has 3 rings (SSSR count). The summed E-state index contributed by atoms with van der Waals surface area (Å²) in [6.07, 6.45) is 1.01. The van der Waals surface area contributed by atoms with E-state index in [-0.39, 0.29) is 23.7 Å². The van der Waals surface area contributed by atoms with Crippen LogP contribution in [0.4, 0.5) is 17.2 Å². The maximum Gasteiger partial charge on any atom is 0.357 e. The number of nitro groups is 2. The van der Waals surface area contributed by atoms with Crippen LogP contribution in [0.3, 0.4) is 0 Å². The van der Waals surface area contributed by atoms with E-state index in [1.54, 1.807) is 19.9 Å². The summed E-state index contributed by atoms with van der Waals surface area (Å²) in [6, 6.07) is 7.21. The number of nitrogens with one attached hydrogen (secondary N) is 2. The van der Waals surface area contributed by atoms with Crippen molar-refractivity contribution in [1.82, 2.24) is 25.2 Å². The fourth-order valence-electron chi connectivity index (χ4n) is 2.72. The Morgan fingerprint density at radius 1 is 1.10 bits per heavy atom. The molecule has 0 aliphatic rings. The molecule has 13 nitrogen and oxygen atoms in total. The molecule has 0 atom stereocenters. The molecule has 0 bridgehead atoms. The van der Waals surface area contributed by atoms with Crippen molar-refractivity contribution in [2.24, 2.45) is 0 Å². The van der Waals surface area contributed by atoms with E-state index in [0.717, 1.165) is 6.33 Å². The average molecular weight is 412 g/mol. The zero-order valence-electron chi connectivity index (χ0n) is 15.9. The predicted octanol–water partition coefficient (Wildman–Crippen LogP) is 1.78. The lowest BCUT2D eigenvalue weighted by atomic mass is 10.1. The van der Waals surface area contributed by atoms with E-state index in [4.69, 9.17) is 0 Å². The molecular weight excluding hydrogens is 396 g/mol. The Bertz CT molecular complexity index is 1130. The summed E-state index contributed by atoms with van der Waals surface area (Å²) in [5.74, 6) is -0.785. The third-order valence-corrected chi connectivity index (χ3v) is 4.03. The Morgan fingerprint density at radius 3 is 2.37 bits per heavy atom. The molecule has 0 aliphatic carbocycles. The number of benzene rings is 1. The van der Waals surface area contributed by atoms with Gasteiger partial charge in [-0.05, 0) is 25.5 Å². The number of carbonyl (C=O) groups is 1. The van der Waals surface area contributed by atoms with Crippen molar-refractivity contribution in [3.05, 3.63) is 73.8 Å². The number of rotatable bonds is 7. The lowest BCUT2D eigenvalue weighted by Crippen LogP contribution is -2.31. The lowest BCUT2D eigenvalue weighted by molar-refractivity contribution is -0.384. The largest absolute Gasteiger partial charge is 0.357 e. The predicted molar refractivity (Wildman–Crippen MR) is 104 cm³/mol. The monoisotopic (exact) mass is 412 g/mol. The summed E-state index contributed by atoms with van der Waals surface area (Å²) < 4.78 is 1.32. The van der Waals surface area contributed by atoms with E-state index >= 15 is 0 Å². The lowest BCUT2D eigenvalue weighted by Gasteiger charge is -2.10. The van der Waals surface area contributed by atoms with Crippen molar-refractivity contribution in [2.45, 2.75) is 20.3 Å². The topological polar surface area (TPSA) is 171 Å². The third-order valence-electron chi connectivity index (χ3n) is 4.03. The van der Waals surface area contributed by atoms with Crippen LogP contribution in [0, 0.1) is 34.1 Å². The smallest absolute Gasteiger partial charge is 0.276 e. The molecule has 2 aromatic heterocycles. The quantitative estimate of drug-likeness (QED) is 0.433. The van der Waals surface area contributed by atoms with Gasteiger partial charge in [-0.25, -0.2) is 14.6 Å². The van der Waals surface area contributed by atoms with Gasteiger partial charge in [0.1, 0.15) is 6.33 Å². The van der Waals surface area contributed by atoms with Crippen LogP contribution in [0.1, 0.15) is 17.0 Å². The minimum absolute atomic E-state index is 0.0484. The molecule has 30 heavy (non-hydrogen) atoms. The Labute approximate surface area is 169 Å². The van der Waals surface area contributed by atoms with Crippen LogP contribution in [0.2, 0.25) is 0 Å². The van der Waals surface area contributed by atoms with Crippen molar-refractivity contribution in [2.75, 3.05) is 5.43 Å². The number of hydrazine groups is 1. The van der Waals surface area contributed by atoms with Gasteiger partial charge in [0, 0.05) is 17.8 Å². The maximum absolute atomic E-state index is 12.2. The van der Waals surface area contributed by atoms with Crippen molar-refractivity contribution in [1.29, 1.82) is 0 Å². The van der Waals surface area contributed by atoms with Crippen molar-refractivity contribution in [3.8, 4) is 5.82 Å². The molecule has 2 N–H and O–H groups in total. The van der Waals surface area contributed by atoms with Gasteiger partial charge in [-0.3, -0.25) is 35.9 Å². The summed E-state index contributed by atoms with van der Waals surface area (Å²) >= 11 is 0. The van der Waals surface area contributed by atoms with Crippen LogP contribution in [0.15, 0.2) is 36.7 Å². The first kappa shape index (κ1) is 20.3. The summed E-state index contributed by atoms with van der Waals surface area (Å²) in [5, 5.41) is 26.5. The van der Waals surface area contributed by atoms with E-state index < -0.39 is 21.4 Å². The van der Waals surface area contributed by atoms with Crippen molar-refractivity contribution in [3.63, 3.8) is 0 Å². The molecule has 2 heterocycles. The first-order chi connectivity index (χ1) is 14.3. The number of non-ortho nitro benzene ring substituents is 1. The molecule has 1 aromatic carbocycles. The normalized spacial score (nSPS) is 10.5. The minimum Gasteiger partial charge on any atom is -0.276 e. The highest BCUT2D eigenvalue weighted by molar-refractivity contribution is 5.80. The van der Waals surface area contributed by atoms with Gasteiger partial charge in [0.2, 0.25) is 17.5 Å². The van der Waals surface area contributed by atoms with Gasteiger partial charge in [-0.2, -0.15) is 5.10 Å². The zero-order chi connectivity index (χ0) is 21.8. The van der Waals surface area contributed by atoms with E-state index in [0.29, 0.717) is 17.0 Å². The molecule has 0 radical (unpaired) electrons. The first-order valence-corrected chi connectivity index (χ1v) is 8.57. The highest BCUT2D eigenvalue weighted by Gasteiger charge is 2.26. The van der Waals surface area contributed by atoms with E-state index in [2.05, 4.69) is 25.9 Å². The average Bonchev–Trinajstić information content (AvgIpc) is 3.04. The molecule has 0 fully saturated rings. The van der Waals surface area contributed by atoms with E-state index in [1.807, 2.05) is 0 Å². The third kappa shape index (κ3) is 4.35. The van der Waals surface area contributed by atoms with Gasteiger partial charge in [0.25, 0.3) is 5.69 Å². The second kappa shape index (κ2) is 8.30. The molecule has 0 saturated carbocycles. The molecule has 154 valence electrons. The number of nitrogens with zero attached hydrogens (tertiary/aromatic N) is 6.